The number of rotatable bonds is 15. The Morgan fingerprint density at radius 1 is 0.533 bits per heavy atom. The molecule has 0 amide bonds. The summed E-state index contributed by atoms with van der Waals surface area (Å²) in [5.41, 5.74) is 2.34. The summed E-state index contributed by atoms with van der Waals surface area (Å²) in [6, 6.07) is 16.6. The minimum absolute atomic E-state index is 0.806. The molecule has 0 atom stereocenters. The number of allylic oxidation sites excluding steroid dienone is 2. The van der Waals surface area contributed by atoms with E-state index < -0.39 is 0 Å². The van der Waals surface area contributed by atoms with Crippen molar-refractivity contribution in [1.29, 1.82) is 0 Å². The smallest absolute Gasteiger partial charge is 0.119 e. The van der Waals surface area contributed by atoms with Crippen molar-refractivity contribution >= 4 is 12.2 Å². The van der Waals surface area contributed by atoms with Crippen LogP contribution in [0.5, 0.6) is 11.5 Å². The lowest BCUT2D eigenvalue weighted by molar-refractivity contribution is 0.305. The number of hydrogen-bond donors (Lipinski definition) is 0. The van der Waals surface area contributed by atoms with Crippen molar-refractivity contribution in [3.05, 3.63) is 71.8 Å². The predicted octanol–water partition coefficient (Wildman–Crippen LogP) is 8.33. The van der Waals surface area contributed by atoms with Gasteiger partial charge < -0.3 is 9.47 Å². The van der Waals surface area contributed by atoms with Gasteiger partial charge in [-0.15, -0.1) is 0 Å². The van der Waals surface area contributed by atoms with Gasteiger partial charge >= 0.3 is 0 Å². The van der Waals surface area contributed by atoms with E-state index in [1.807, 2.05) is 24.3 Å². The standard InChI is InChI=1S/C28H38O2/c1-3-5-7-11-23-29-27-19-15-25(16-20-27)13-9-10-14-26-17-21-28(22-18-26)30-24-12-8-6-4-2/h9-10,13-22H,3-8,11-12,23-24H2,1-2H3. The van der Waals surface area contributed by atoms with Gasteiger partial charge in [0.2, 0.25) is 0 Å². The third-order valence-electron chi connectivity index (χ3n) is 4.98. The zero-order valence-corrected chi connectivity index (χ0v) is 18.8. The highest BCUT2D eigenvalue weighted by Gasteiger charge is 1.95. The topological polar surface area (TPSA) is 18.5 Å². The van der Waals surface area contributed by atoms with Crippen molar-refractivity contribution in [3.8, 4) is 11.5 Å². The summed E-state index contributed by atoms with van der Waals surface area (Å²) in [6.45, 7) is 6.06. The molecule has 0 aliphatic heterocycles. The summed E-state index contributed by atoms with van der Waals surface area (Å²) >= 11 is 0. The molecule has 2 aromatic carbocycles. The molecule has 0 heterocycles. The molecule has 0 radical (unpaired) electrons. The van der Waals surface area contributed by atoms with Gasteiger partial charge in [0, 0.05) is 0 Å². The molecule has 2 aromatic rings. The van der Waals surface area contributed by atoms with Crippen LogP contribution in [0.2, 0.25) is 0 Å². The van der Waals surface area contributed by atoms with Gasteiger partial charge in [0.1, 0.15) is 11.5 Å². The average molecular weight is 407 g/mol. The van der Waals surface area contributed by atoms with Crippen LogP contribution in [0.25, 0.3) is 12.2 Å². The Labute approximate surface area is 183 Å². The Hall–Kier alpha value is -2.48. The number of hydrogen-bond acceptors (Lipinski definition) is 2. The molecule has 162 valence electrons. The first-order valence-electron chi connectivity index (χ1n) is 11.6. The van der Waals surface area contributed by atoms with E-state index in [9.17, 15) is 0 Å². The molecule has 0 bridgehead atoms. The van der Waals surface area contributed by atoms with Crippen LogP contribution in [0.1, 0.15) is 76.3 Å². The molecule has 2 rings (SSSR count). The van der Waals surface area contributed by atoms with E-state index in [-0.39, 0.29) is 0 Å². The maximum Gasteiger partial charge on any atom is 0.119 e. The predicted molar refractivity (Wildman–Crippen MR) is 130 cm³/mol. The summed E-state index contributed by atoms with van der Waals surface area (Å²) < 4.78 is 11.6. The summed E-state index contributed by atoms with van der Waals surface area (Å²) in [5.74, 6) is 1.90. The quantitative estimate of drug-likeness (QED) is 0.219. The molecule has 0 unspecified atom stereocenters. The molecule has 0 saturated heterocycles. The highest BCUT2D eigenvalue weighted by molar-refractivity contribution is 5.58. The molecule has 2 heteroatoms. The largest absolute Gasteiger partial charge is 0.494 e. The van der Waals surface area contributed by atoms with Crippen molar-refractivity contribution in [2.45, 2.75) is 65.2 Å². The van der Waals surface area contributed by atoms with Gasteiger partial charge in [0.05, 0.1) is 13.2 Å². The first-order chi connectivity index (χ1) is 14.8. The lowest BCUT2D eigenvalue weighted by atomic mass is 10.1. The third kappa shape index (κ3) is 10.3. The Kier molecular flexibility index (Phi) is 12.2. The molecule has 0 aliphatic carbocycles. The first kappa shape index (κ1) is 23.8. The van der Waals surface area contributed by atoms with E-state index in [1.165, 1.54) is 49.7 Å². The zero-order valence-electron chi connectivity index (χ0n) is 18.8. The van der Waals surface area contributed by atoms with E-state index in [0.29, 0.717) is 0 Å². The summed E-state index contributed by atoms with van der Waals surface area (Å²) in [4.78, 5) is 0. The lowest BCUT2D eigenvalue weighted by Crippen LogP contribution is -1.96. The molecule has 2 nitrogen and oxygen atoms in total. The fraction of sp³-hybridized carbons (Fsp3) is 0.429. The lowest BCUT2D eigenvalue weighted by Gasteiger charge is -2.06. The highest BCUT2D eigenvalue weighted by Crippen LogP contribution is 2.16. The second kappa shape index (κ2) is 15.4. The van der Waals surface area contributed by atoms with Gasteiger partial charge in [0.15, 0.2) is 0 Å². The van der Waals surface area contributed by atoms with Gasteiger partial charge in [-0.2, -0.15) is 0 Å². The Morgan fingerprint density at radius 2 is 0.933 bits per heavy atom. The maximum absolute atomic E-state index is 5.79. The van der Waals surface area contributed by atoms with Gasteiger partial charge in [0.25, 0.3) is 0 Å². The minimum atomic E-state index is 0.806. The average Bonchev–Trinajstić information content (AvgIpc) is 2.78. The van der Waals surface area contributed by atoms with E-state index >= 15 is 0 Å². The normalized spacial score (nSPS) is 11.4. The molecular weight excluding hydrogens is 368 g/mol. The van der Waals surface area contributed by atoms with Crippen LogP contribution in [0.3, 0.4) is 0 Å². The fourth-order valence-corrected chi connectivity index (χ4v) is 3.12. The Morgan fingerprint density at radius 3 is 1.30 bits per heavy atom. The number of benzene rings is 2. The second-order valence-corrected chi connectivity index (χ2v) is 7.67. The van der Waals surface area contributed by atoms with E-state index in [1.54, 1.807) is 0 Å². The fourth-order valence-electron chi connectivity index (χ4n) is 3.12. The molecule has 30 heavy (non-hydrogen) atoms. The number of ether oxygens (including phenoxy) is 2. The Balaban J connectivity index is 1.70. The van der Waals surface area contributed by atoms with Crippen LogP contribution in [0, 0.1) is 0 Å². The van der Waals surface area contributed by atoms with E-state index in [2.05, 4.69) is 62.4 Å². The van der Waals surface area contributed by atoms with Crippen molar-refractivity contribution in [3.63, 3.8) is 0 Å². The van der Waals surface area contributed by atoms with E-state index in [4.69, 9.17) is 9.47 Å². The van der Waals surface area contributed by atoms with Crippen molar-refractivity contribution in [1.82, 2.24) is 0 Å². The van der Waals surface area contributed by atoms with Gasteiger partial charge in [-0.1, -0.05) is 101 Å². The van der Waals surface area contributed by atoms with Crippen LogP contribution in [0.15, 0.2) is 60.7 Å². The first-order valence-corrected chi connectivity index (χ1v) is 11.6. The number of unbranched alkanes of at least 4 members (excludes halogenated alkanes) is 6. The summed E-state index contributed by atoms with van der Waals surface area (Å²) in [5, 5.41) is 0. The van der Waals surface area contributed by atoms with E-state index in [0.717, 1.165) is 37.6 Å². The van der Waals surface area contributed by atoms with Crippen LogP contribution in [-0.2, 0) is 0 Å². The minimum Gasteiger partial charge on any atom is -0.494 e. The highest BCUT2D eigenvalue weighted by atomic mass is 16.5. The van der Waals surface area contributed by atoms with Gasteiger partial charge in [-0.3, -0.25) is 0 Å². The van der Waals surface area contributed by atoms with Crippen LogP contribution in [0.4, 0.5) is 0 Å². The third-order valence-corrected chi connectivity index (χ3v) is 4.98. The summed E-state index contributed by atoms with van der Waals surface area (Å²) in [6.07, 6.45) is 18.2. The van der Waals surface area contributed by atoms with Gasteiger partial charge in [-0.25, -0.2) is 0 Å². The van der Waals surface area contributed by atoms with Crippen molar-refractivity contribution < 1.29 is 9.47 Å². The maximum atomic E-state index is 5.79. The molecule has 0 fully saturated rings. The zero-order chi connectivity index (χ0) is 21.3. The monoisotopic (exact) mass is 406 g/mol. The molecule has 0 spiro atoms. The second-order valence-electron chi connectivity index (χ2n) is 7.67. The summed E-state index contributed by atoms with van der Waals surface area (Å²) in [7, 11) is 0. The molecule has 0 N–H and O–H groups in total. The van der Waals surface area contributed by atoms with Crippen LogP contribution >= 0.6 is 0 Å². The van der Waals surface area contributed by atoms with Crippen LogP contribution in [-0.4, -0.2) is 13.2 Å². The molecule has 0 aromatic heterocycles. The Bertz CT molecular complexity index is 661. The van der Waals surface area contributed by atoms with Gasteiger partial charge in [-0.05, 0) is 48.2 Å². The SMILES string of the molecule is CCCCCCOc1ccc(C=CC=Cc2ccc(OCCCCCC)cc2)cc1. The molecular formula is C28H38O2. The molecule has 0 aliphatic rings. The molecule has 0 saturated carbocycles. The van der Waals surface area contributed by atoms with Crippen molar-refractivity contribution in [2.75, 3.05) is 13.2 Å². The van der Waals surface area contributed by atoms with Crippen molar-refractivity contribution in [2.24, 2.45) is 0 Å². The van der Waals surface area contributed by atoms with Crippen LogP contribution < -0.4 is 9.47 Å².